The van der Waals surface area contributed by atoms with Gasteiger partial charge in [-0.25, -0.2) is 14.4 Å². The number of benzene rings is 2. The fourth-order valence-corrected chi connectivity index (χ4v) is 3.87. The molecule has 0 aromatic heterocycles. The number of carbonyl (C=O) groups excluding carboxylic acids is 3. The summed E-state index contributed by atoms with van der Waals surface area (Å²) in [5.74, 6) is -0.307. The average Bonchev–Trinajstić information content (AvgIpc) is 2.72. The van der Waals surface area contributed by atoms with E-state index in [0.29, 0.717) is 29.0 Å². The van der Waals surface area contributed by atoms with Crippen molar-refractivity contribution in [1.29, 1.82) is 0 Å². The lowest BCUT2D eigenvalue weighted by Crippen LogP contribution is -2.65. The van der Waals surface area contributed by atoms with Gasteiger partial charge in [0.25, 0.3) is 0 Å². The molecule has 2 bridgehead atoms. The van der Waals surface area contributed by atoms with E-state index in [1.807, 2.05) is 6.92 Å². The van der Waals surface area contributed by atoms with E-state index in [4.69, 9.17) is 14.2 Å². The molecule has 0 unspecified atom stereocenters. The third-order valence-electron chi connectivity index (χ3n) is 5.24. The van der Waals surface area contributed by atoms with Gasteiger partial charge < -0.3 is 19.5 Å². The number of nitrogens with one attached hydrogen (secondary N) is 1. The highest BCUT2D eigenvalue weighted by molar-refractivity contribution is 5.96. The van der Waals surface area contributed by atoms with E-state index in [0.717, 1.165) is 5.56 Å². The van der Waals surface area contributed by atoms with Gasteiger partial charge in [0.05, 0.1) is 31.4 Å². The molecule has 8 heteroatoms. The zero-order chi connectivity index (χ0) is 20.8. The highest BCUT2D eigenvalue weighted by Gasteiger charge is 2.50. The fraction of sp³-hybridized carbons (Fsp3) is 0.286. The number of fused-ring (bicyclic) bond motifs is 4. The Bertz CT molecular complexity index is 1000. The van der Waals surface area contributed by atoms with E-state index in [1.54, 1.807) is 42.5 Å². The number of methoxy groups -OCH3 is 2. The first kappa shape index (κ1) is 18.8. The number of nitrogens with zero attached hydrogens (tertiary/aromatic N) is 1. The molecular weight excluding hydrogens is 376 g/mol. The minimum Gasteiger partial charge on any atom is -0.467 e. The molecule has 150 valence electrons. The van der Waals surface area contributed by atoms with Gasteiger partial charge in [-0.2, -0.15) is 0 Å². The number of carbonyl (C=O) groups is 3. The van der Waals surface area contributed by atoms with Crippen LogP contribution in [0.5, 0.6) is 5.75 Å². The summed E-state index contributed by atoms with van der Waals surface area (Å²) in [5.41, 5.74) is 1.18. The van der Waals surface area contributed by atoms with Crippen LogP contribution in [0.1, 0.15) is 45.7 Å². The van der Waals surface area contributed by atoms with Crippen molar-refractivity contribution in [3.8, 4) is 5.75 Å². The van der Waals surface area contributed by atoms with Crippen LogP contribution in [-0.4, -0.2) is 37.9 Å². The van der Waals surface area contributed by atoms with Crippen LogP contribution < -0.4 is 15.0 Å². The summed E-state index contributed by atoms with van der Waals surface area (Å²) >= 11 is 0. The molecule has 0 aliphatic carbocycles. The molecule has 2 aromatic rings. The van der Waals surface area contributed by atoms with Crippen molar-refractivity contribution in [1.82, 2.24) is 5.32 Å². The predicted octanol–water partition coefficient (Wildman–Crippen LogP) is 3.03. The molecule has 1 saturated heterocycles. The van der Waals surface area contributed by atoms with E-state index in [9.17, 15) is 14.4 Å². The minimum absolute atomic E-state index is 0.300. The maximum absolute atomic E-state index is 12.9. The number of rotatable bonds is 3. The first-order valence-electron chi connectivity index (χ1n) is 9.06. The summed E-state index contributed by atoms with van der Waals surface area (Å²) in [6.45, 7) is 1.84. The molecule has 0 saturated carbocycles. The van der Waals surface area contributed by atoms with Gasteiger partial charge in [0.2, 0.25) is 0 Å². The molecule has 2 amide bonds. The Hall–Kier alpha value is -3.55. The summed E-state index contributed by atoms with van der Waals surface area (Å²) in [6.07, 6.45) is 0.481. The largest absolute Gasteiger partial charge is 0.467 e. The van der Waals surface area contributed by atoms with Crippen LogP contribution in [-0.2, 0) is 9.47 Å². The number of urea groups is 1. The van der Waals surface area contributed by atoms with Crippen LogP contribution in [0.3, 0.4) is 0 Å². The molecule has 8 nitrogen and oxygen atoms in total. The van der Waals surface area contributed by atoms with E-state index in [2.05, 4.69) is 5.32 Å². The summed E-state index contributed by atoms with van der Waals surface area (Å²) in [5, 5.41) is 2.97. The SMILES string of the molecule is COC(=O)c1ccc(N2C(=O)N[C@H]3C[C@]2(C)Oc2ccc(C(=O)OC)cc23)cc1. The van der Waals surface area contributed by atoms with Gasteiger partial charge in [0.15, 0.2) is 5.72 Å². The van der Waals surface area contributed by atoms with Crippen LogP contribution >= 0.6 is 0 Å². The maximum atomic E-state index is 12.9. The van der Waals surface area contributed by atoms with Gasteiger partial charge in [-0.1, -0.05) is 0 Å². The zero-order valence-corrected chi connectivity index (χ0v) is 16.2. The van der Waals surface area contributed by atoms with Crippen LogP contribution in [0, 0.1) is 0 Å². The van der Waals surface area contributed by atoms with Gasteiger partial charge in [-0.3, -0.25) is 4.90 Å². The third kappa shape index (κ3) is 3.06. The summed E-state index contributed by atoms with van der Waals surface area (Å²) in [4.78, 5) is 38.0. The fourth-order valence-electron chi connectivity index (χ4n) is 3.87. The second kappa shape index (κ2) is 6.80. The van der Waals surface area contributed by atoms with Gasteiger partial charge in [-0.15, -0.1) is 0 Å². The predicted molar refractivity (Wildman–Crippen MR) is 103 cm³/mol. The Labute approximate surface area is 167 Å². The van der Waals surface area contributed by atoms with Crippen molar-refractivity contribution in [3.63, 3.8) is 0 Å². The maximum Gasteiger partial charge on any atom is 0.337 e. The number of amides is 2. The molecular formula is C21H20N2O6. The smallest absolute Gasteiger partial charge is 0.337 e. The van der Waals surface area contributed by atoms with Crippen molar-refractivity contribution in [2.75, 3.05) is 19.1 Å². The number of anilines is 1. The molecule has 2 aliphatic heterocycles. The Balaban J connectivity index is 1.69. The standard InChI is InChI=1S/C21H20N2O6/c1-21-11-16(15-10-13(19(25)28-3)6-9-17(15)29-21)22-20(26)23(21)14-7-4-12(5-8-14)18(24)27-2/h4-10,16H,11H2,1-3H3,(H,22,26)/t16-,21-/m0/s1. The van der Waals surface area contributed by atoms with E-state index >= 15 is 0 Å². The second-order valence-corrected chi connectivity index (χ2v) is 7.10. The highest BCUT2D eigenvalue weighted by atomic mass is 16.5. The minimum atomic E-state index is -0.931. The van der Waals surface area contributed by atoms with E-state index in [-0.39, 0.29) is 12.1 Å². The number of ether oxygens (including phenoxy) is 3. The van der Waals surface area contributed by atoms with Gasteiger partial charge >= 0.3 is 18.0 Å². The van der Waals surface area contributed by atoms with Crippen molar-refractivity contribution in [3.05, 3.63) is 59.2 Å². The lowest BCUT2D eigenvalue weighted by atomic mass is 9.89. The third-order valence-corrected chi connectivity index (χ3v) is 5.24. The number of hydrogen-bond acceptors (Lipinski definition) is 6. The summed E-state index contributed by atoms with van der Waals surface area (Å²) in [6, 6.07) is 11.0. The zero-order valence-electron chi connectivity index (χ0n) is 16.2. The average molecular weight is 396 g/mol. The molecule has 0 spiro atoms. The lowest BCUT2D eigenvalue weighted by molar-refractivity contribution is 0.0377. The molecule has 1 N–H and O–H groups in total. The van der Waals surface area contributed by atoms with Gasteiger partial charge in [0, 0.05) is 17.7 Å². The summed E-state index contributed by atoms with van der Waals surface area (Å²) in [7, 11) is 2.63. The topological polar surface area (TPSA) is 94.2 Å². The van der Waals surface area contributed by atoms with Gasteiger partial charge in [0.1, 0.15) is 5.75 Å². The molecule has 2 heterocycles. The Morgan fingerprint density at radius 2 is 1.69 bits per heavy atom. The Morgan fingerprint density at radius 3 is 2.34 bits per heavy atom. The first-order chi connectivity index (χ1) is 13.9. The van der Waals surface area contributed by atoms with E-state index in [1.165, 1.54) is 19.1 Å². The lowest BCUT2D eigenvalue weighted by Gasteiger charge is -2.50. The monoisotopic (exact) mass is 396 g/mol. The molecule has 0 radical (unpaired) electrons. The van der Waals surface area contributed by atoms with Gasteiger partial charge in [-0.05, 0) is 49.4 Å². The second-order valence-electron chi connectivity index (χ2n) is 7.10. The van der Waals surface area contributed by atoms with Crippen molar-refractivity contribution in [2.24, 2.45) is 0 Å². The Morgan fingerprint density at radius 1 is 1.07 bits per heavy atom. The molecule has 2 atom stereocenters. The van der Waals surface area contributed by atoms with Crippen molar-refractivity contribution in [2.45, 2.75) is 25.1 Å². The van der Waals surface area contributed by atoms with E-state index < -0.39 is 17.7 Å². The molecule has 29 heavy (non-hydrogen) atoms. The molecule has 1 fully saturated rings. The number of esters is 2. The molecule has 4 rings (SSSR count). The molecule has 2 aromatic carbocycles. The van der Waals surface area contributed by atoms with Crippen LogP contribution in [0.25, 0.3) is 0 Å². The molecule has 2 aliphatic rings. The first-order valence-corrected chi connectivity index (χ1v) is 9.06. The van der Waals surface area contributed by atoms with Crippen molar-refractivity contribution < 1.29 is 28.6 Å². The van der Waals surface area contributed by atoms with Crippen LogP contribution in [0.15, 0.2) is 42.5 Å². The summed E-state index contributed by atoms with van der Waals surface area (Å²) < 4.78 is 15.7. The normalized spacial score (nSPS) is 22.1. The Kier molecular flexibility index (Phi) is 4.41. The van der Waals surface area contributed by atoms with Crippen LogP contribution in [0.4, 0.5) is 10.5 Å². The van der Waals surface area contributed by atoms with Crippen LogP contribution in [0.2, 0.25) is 0 Å². The van der Waals surface area contributed by atoms with Crippen molar-refractivity contribution >= 4 is 23.7 Å². The highest BCUT2D eigenvalue weighted by Crippen LogP contribution is 2.45. The quantitative estimate of drug-likeness (QED) is 0.802. The number of hydrogen-bond donors (Lipinski definition) is 1.